The number of hydrogen-bond acceptors (Lipinski definition) is 6. The van der Waals surface area contributed by atoms with Crippen molar-refractivity contribution >= 4 is 34.7 Å². The van der Waals surface area contributed by atoms with Gasteiger partial charge in [0.05, 0.1) is 17.7 Å². The average molecular weight is 406 g/mol. The number of aromatic nitrogens is 4. The van der Waals surface area contributed by atoms with Crippen molar-refractivity contribution in [3.63, 3.8) is 0 Å². The summed E-state index contributed by atoms with van der Waals surface area (Å²) in [5, 5.41) is 18.1. The fourth-order valence-corrected chi connectivity index (χ4v) is 3.41. The number of hydrogen-bond donors (Lipinski definition) is 1. The summed E-state index contributed by atoms with van der Waals surface area (Å²) in [6.45, 7) is 0. The Balaban J connectivity index is 1.43. The normalized spacial score (nSPS) is 11.2. The first kappa shape index (κ1) is 18.8. The molecular weight excluding hydrogens is 391 g/mol. The number of amides is 1. The molecule has 0 radical (unpaired) electrons. The van der Waals surface area contributed by atoms with E-state index in [0.29, 0.717) is 10.7 Å². The van der Waals surface area contributed by atoms with E-state index in [4.69, 9.17) is 0 Å². The number of nitrogens with zero attached hydrogens (tertiary/aromatic N) is 5. The minimum Gasteiger partial charge on any atom is -0.272 e. The predicted molar refractivity (Wildman–Crippen MR) is 110 cm³/mol. The largest absolute Gasteiger partial charge is 0.272 e. The van der Waals surface area contributed by atoms with Crippen LogP contribution in [-0.4, -0.2) is 38.1 Å². The van der Waals surface area contributed by atoms with Gasteiger partial charge in [0.15, 0.2) is 0 Å². The van der Waals surface area contributed by atoms with Crippen molar-refractivity contribution in [1.29, 1.82) is 0 Å². The molecule has 0 saturated heterocycles. The minimum atomic E-state index is -0.408. The molecule has 3 aromatic carbocycles. The lowest BCUT2D eigenvalue weighted by atomic mass is 10.1. The van der Waals surface area contributed by atoms with E-state index in [1.165, 1.54) is 24.0 Å². The van der Waals surface area contributed by atoms with Gasteiger partial charge in [0.2, 0.25) is 5.16 Å². The first-order valence-electron chi connectivity index (χ1n) is 8.68. The highest BCUT2D eigenvalue weighted by atomic mass is 32.2. The van der Waals surface area contributed by atoms with E-state index in [0.717, 1.165) is 16.5 Å². The summed E-state index contributed by atoms with van der Waals surface area (Å²) >= 11 is 1.18. The van der Waals surface area contributed by atoms with E-state index in [-0.39, 0.29) is 11.7 Å². The molecule has 0 atom stereocenters. The molecule has 1 amide bonds. The molecule has 0 spiro atoms. The van der Waals surface area contributed by atoms with Gasteiger partial charge in [-0.3, -0.25) is 4.79 Å². The Bertz CT molecular complexity index is 1190. The second kappa shape index (κ2) is 8.61. The first-order valence-corrected chi connectivity index (χ1v) is 9.67. The van der Waals surface area contributed by atoms with Crippen LogP contribution in [0.25, 0.3) is 16.5 Å². The molecule has 0 unspecified atom stereocenters. The molecule has 0 bridgehead atoms. The van der Waals surface area contributed by atoms with Crippen LogP contribution >= 0.6 is 11.8 Å². The standard InChI is InChI=1S/C20H15FN6OS/c21-17-10-4-2-7-15(17)12-22-23-19(28)13-29-20-24-25-26-27(20)18-11-5-8-14-6-1-3-9-16(14)18/h1-12H,13H2,(H,23,28)/b22-12+. The number of nitrogens with one attached hydrogen (secondary N) is 1. The predicted octanol–water partition coefficient (Wildman–Crippen LogP) is 3.20. The molecule has 0 fully saturated rings. The molecule has 4 rings (SSSR count). The summed E-state index contributed by atoms with van der Waals surface area (Å²) in [5.74, 6) is -0.705. The smallest absolute Gasteiger partial charge is 0.250 e. The molecule has 7 nitrogen and oxygen atoms in total. The van der Waals surface area contributed by atoms with Crippen molar-refractivity contribution in [2.24, 2.45) is 5.10 Å². The number of thioether (sulfide) groups is 1. The fourth-order valence-electron chi connectivity index (χ4n) is 2.73. The Hall–Kier alpha value is -3.59. The van der Waals surface area contributed by atoms with Gasteiger partial charge in [0.25, 0.3) is 5.91 Å². The highest BCUT2D eigenvalue weighted by Gasteiger charge is 2.13. The number of rotatable bonds is 6. The number of carbonyl (C=O) groups is 1. The van der Waals surface area contributed by atoms with Crippen molar-refractivity contribution in [1.82, 2.24) is 25.6 Å². The van der Waals surface area contributed by atoms with Gasteiger partial charge in [0.1, 0.15) is 5.82 Å². The van der Waals surface area contributed by atoms with Crippen LogP contribution in [0, 0.1) is 5.82 Å². The Labute approximate surface area is 169 Å². The van der Waals surface area contributed by atoms with Gasteiger partial charge in [-0.15, -0.1) is 5.10 Å². The van der Waals surface area contributed by atoms with E-state index in [2.05, 4.69) is 26.1 Å². The lowest BCUT2D eigenvalue weighted by Gasteiger charge is -2.07. The number of fused-ring (bicyclic) bond motifs is 1. The van der Waals surface area contributed by atoms with Crippen LogP contribution in [0.1, 0.15) is 5.56 Å². The molecular formula is C20H15FN6OS. The second-order valence-electron chi connectivity index (χ2n) is 5.97. The van der Waals surface area contributed by atoms with Crippen LogP contribution < -0.4 is 5.43 Å². The molecule has 29 heavy (non-hydrogen) atoms. The monoisotopic (exact) mass is 406 g/mol. The topological polar surface area (TPSA) is 85.1 Å². The third-order valence-corrected chi connectivity index (χ3v) is 4.99. The molecule has 4 aromatic rings. The van der Waals surface area contributed by atoms with Crippen LogP contribution in [0.2, 0.25) is 0 Å². The van der Waals surface area contributed by atoms with Crippen molar-refractivity contribution in [3.8, 4) is 5.69 Å². The molecule has 0 aliphatic carbocycles. The van der Waals surface area contributed by atoms with Gasteiger partial charge < -0.3 is 0 Å². The Morgan fingerprint density at radius 3 is 2.79 bits per heavy atom. The first-order chi connectivity index (χ1) is 14.2. The van der Waals surface area contributed by atoms with Gasteiger partial charge in [-0.1, -0.05) is 66.4 Å². The van der Waals surface area contributed by atoms with Crippen LogP contribution in [-0.2, 0) is 4.79 Å². The highest BCUT2D eigenvalue weighted by Crippen LogP contribution is 2.25. The number of halogens is 1. The maximum absolute atomic E-state index is 13.5. The minimum absolute atomic E-state index is 0.0553. The second-order valence-corrected chi connectivity index (χ2v) is 6.92. The van der Waals surface area contributed by atoms with Gasteiger partial charge >= 0.3 is 0 Å². The molecule has 1 N–H and O–H groups in total. The molecule has 1 heterocycles. The Kier molecular flexibility index (Phi) is 5.57. The third-order valence-electron chi connectivity index (χ3n) is 4.07. The zero-order valence-corrected chi connectivity index (χ0v) is 15.9. The number of benzene rings is 3. The molecule has 0 saturated carbocycles. The molecule has 0 aliphatic rings. The van der Waals surface area contributed by atoms with Gasteiger partial charge in [0, 0.05) is 10.9 Å². The molecule has 144 valence electrons. The summed E-state index contributed by atoms with van der Waals surface area (Å²) in [5.41, 5.74) is 3.49. The molecule has 1 aromatic heterocycles. The number of hydrazone groups is 1. The van der Waals surface area contributed by atoms with Crippen molar-refractivity contribution in [2.75, 3.05) is 5.75 Å². The molecule has 0 aliphatic heterocycles. The fraction of sp³-hybridized carbons (Fsp3) is 0.0500. The van der Waals surface area contributed by atoms with Gasteiger partial charge in [-0.25, -0.2) is 9.82 Å². The van der Waals surface area contributed by atoms with E-state index >= 15 is 0 Å². The van der Waals surface area contributed by atoms with Crippen LogP contribution in [0.5, 0.6) is 0 Å². The highest BCUT2D eigenvalue weighted by molar-refractivity contribution is 7.99. The lowest BCUT2D eigenvalue weighted by molar-refractivity contribution is -0.118. The van der Waals surface area contributed by atoms with Gasteiger partial charge in [-0.2, -0.15) is 9.78 Å². The van der Waals surface area contributed by atoms with Crippen molar-refractivity contribution < 1.29 is 9.18 Å². The van der Waals surface area contributed by atoms with E-state index in [9.17, 15) is 9.18 Å². The summed E-state index contributed by atoms with van der Waals surface area (Å²) in [7, 11) is 0. The lowest BCUT2D eigenvalue weighted by Crippen LogP contribution is -2.20. The third kappa shape index (κ3) is 4.30. The van der Waals surface area contributed by atoms with E-state index in [1.54, 1.807) is 22.9 Å². The SMILES string of the molecule is O=C(CSc1nnnn1-c1cccc2ccccc12)N/N=C/c1ccccc1F. The van der Waals surface area contributed by atoms with Crippen LogP contribution in [0.15, 0.2) is 77.0 Å². The number of carbonyl (C=O) groups excluding carboxylic acids is 1. The van der Waals surface area contributed by atoms with E-state index < -0.39 is 5.82 Å². The quantitative estimate of drug-likeness (QED) is 0.302. The van der Waals surface area contributed by atoms with E-state index in [1.807, 2.05) is 42.5 Å². The van der Waals surface area contributed by atoms with Crippen LogP contribution in [0.3, 0.4) is 0 Å². The number of tetrazole rings is 1. The molecule has 9 heteroatoms. The summed E-state index contributed by atoms with van der Waals surface area (Å²) in [6, 6.07) is 19.9. The Morgan fingerprint density at radius 1 is 1.10 bits per heavy atom. The Morgan fingerprint density at radius 2 is 1.90 bits per heavy atom. The summed E-state index contributed by atoms with van der Waals surface area (Å²) in [4.78, 5) is 12.1. The van der Waals surface area contributed by atoms with Gasteiger partial charge in [-0.05, 0) is 27.9 Å². The van der Waals surface area contributed by atoms with Crippen molar-refractivity contribution in [2.45, 2.75) is 5.16 Å². The van der Waals surface area contributed by atoms with Crippen molar-refractivity contribution in [3.05, 3.63) is 78.1 Å². The average Bonchev–Trinajstić information content (AvgIpc) is 3.21. The zero-order valence-electron chi connectivity index (χ0n) is 15.1. The maximum Gasteiger partial charge on any atom is 0.250 e. The zero-order chi connectivity index (χ0) is 20.1. The van der Waals surface area contributed by atoms with Crippen LogP contribution in [0.4, 0.5) is 4.39 Å². The summed E-state index contributed by atoms with van der Waals surface area (Å²) < 4.78 is 15.1. The maximum atomic E-state index is 13.5. The summed E-state index contributed by atoms with van der Waals surface area (Å²) in [6.07, 6.45) is 1.26.